The zero-order chi connectivity index (χ0) is 20.5. The Hall–Kier alpha value is -2.63. The highest BCUT2D eigenvalue weighted by Gasteiger charge is 2.64. The normalized spacial score (nSPS) is 33.1. The van der Waals surface area contributed by atoms with Crippen molar-refractivity contribution < 1.29 is 19.7 Å². The van der Waals surface area contributed by atoms with Crippen molar-refractivity contribution in [3.63, 3.8) is 0 Å². The van der Waals surface area contributed by atoms with Crippen LogP contribution in [0, 0.1) is 5.92 Å². The number of hydrogen-bond donors (Lipinski definition) is 2. The first-order valence-corrected chi connectivity index (χ1v) is 10.8. The molecule has 2 bridgehead atoms. The molecule has 30 heavy (non-hydrogen) atoms. The van der Waals surface area contributed by atoms with Gasteiger partial charge in [-0.2, -0.15) is 0 Å². The fourth-order valence-corrected chi connectivity index (χ4v) is 6.42. The number of carbonyl (C=O) groups excluding carboxylic acids is 1. The fraction of sp³-hybridized carbons (Fsp3) is 0.400. The maximum atomic E-state index is 12.7. The first kappa shape index (κ1) is 18.2. The Balaban J connectivity index is 1.33. The van der Waals surface area contributed by atoms with Crippen LogP contribution in [-0.4, -0.2) is 52.2 Å². The molecule has 2 heterocycles. The highest BCUT2D eigenvalue weighted by atomic mass is 16.5. The molecule has 0 saturated carbocycles. The number of phenols is 1. The lowest BCUT2D eigenvalue weighted by Crippen LogP contribution is -2.65. The average molecular weight is 403 g/mol. The summed E-state index contributed by atoms with van der Waals surface area (Å²) in [7, 11) is 0. The van der Waals surface area contributed by atoms with E-state index in [0.29, 0.717) is 12.2 Å². The van der Waals surface area contributed by atoms with Crippen molar-refractivity contribution in [2.24, 2.45) is 5.92 Å². The number of phenolic OH excluding ortho intramolecular Hbond substituents is 1. The molecule has 2 aromatic carbocycles. The van der Waals surface area contributed by atoms with Crippen molar-refractivity contribution in [1.29, 1.82) is 0 Å². The Kier molecular flexibility index (Phi) is 3.89. The zero-order valence-corrected chi connectivity index (χ0v) is 16.7. The summed E-state index contributed by atoms with van der Waals surface area (Å²) in [5, 5.41) is 21.1. The molecule has 4 aliphatic rings. The van der Waals surface area contributed by atoms with Crippen LogP contribution in [0.3, 0.4) is 0 Å². The van der Waals surface area contributed by atoms with Crippen LogP contribution < -0.4 is 4.74 Å². The van der Waals surface area contributed by atoms with Crippen molar-refractivity contribution in [2.75, 3.05) is 13.1 Å². The second-order valence-corrected chi connectivity index (χ2v) is 9.02. The number of ketones is 1. The minimum Gasteiger partial charge on any atom is -0.504 e. The molecule has 6 rings (SSSR count). The second-order valence-electron chi connectivity index (χ2n) is 9.02. The second kappa shape index (κ2) is 6.43. The summed E-state index contributed by atoms with van der Waals surface area (Å²) in [4.78, 5) is 15.1. The minimum atomic E-state index is -0.675. The van der Waals surface area contributed by atoms with Gasteiger partial charge >= 0.3 is 0 Å². The van der Waals surface area contributed by atoms with E-state index < -0.39 is 6.10 Å². The van der Waals surface area contributed by atoms with Crippen LogP contribution >= 0.6 is 0 Å². The fourth-order valence-electron chi connectivity index (χ4n) is 6.42. The molecule has 2 aliphatic carbocycles. The van der Waals surface area contributed by atoms with Gasteiger partial charge in [-0.25, -0.2) is 0 Å². The summed E-state index contributed by atoms with van der Waals surface area (Å²) in [6, 6.07) is 13.5. The van der Waals surface area contributed by atoms with Crippen LogP contribution in [0.1, 0.15) is 34.3 Å². The predicted molar refractivity (Wildman–Crippen MR) is 112 cm³/mol. The van der Waals surface area contributed by atoms with E-state index in [4.69, 9.17) is 4.74 Å². The lowest BCUT2D eigenvalue weighted by Gasteiger charge is -2.57. The molecule has 154 valence electrons. The molecule has 0 unspecified atom stereocenters. The number of aliphatic hydroxyl groups is 1. The van der Waals surface area contributed by atoms with Gasteiger partial charge in [0.25, 0.3) is 0 Å². The maximum Gasteiger partial charge on any atom is 0.165 e. The Bertz CT molecular complexity index is 1050. The zero-order valence-electron chi connectivity index (χ0n) is 16.7. The molecule has 0 radical (unpaired) electrons. The van der Waals surface area contributed by atoms with Gasteiger partial charge in [-0.3, -0.25) is 9.69 Å². The Morgan fingerprint density at radius 2 is 2.00 bits per heavy atom. The van der Waals surface area contributed by atoms with Crippen molar-refractivity contribution >= 4 is 5.78 Å². The van der Waals surface area contributed by atoms with Gasteiger partial charge in [0.15, 0.2) is 17.3 Å². The number of nitrogens with zero attached hydrogens (tertiary/aromatic N) is 1. The smallest absolute Gasteiger partial charge is 0.165 e. The van der Waals surface area contributed by atoms with E-state index in [-0.39, 0.29) is 35.0 Å². The van der Waals surface area contributed by atoms with Crippen LogP contribution in [0.5, 0.6) is 11.5 Å². The van der Waals surface area contributed by atoms with Gasteiger partial charge in [0.1, 0.15) is 12.2 Å². The lowest BCUT2D eigenvalue weighted by molar-refractivity contribution is -0.0513. The first-order chi connectivity index (χ1) is 14.6. The largest absolute Gasteiger partial charge is 0.504 e. The van der Waals surface area contributed by atoms with Crippen molar-refractivity contribution in [1.82, 2.24) is 4.90 Å². The number of aromatic hydroxyl groups is 1. The van der Waals surface area contributed by atoms with Crippen molar-refractivity contribution in [3.8, 4) is 11.5 Å². The summed E-state index contributed by atoms with van der Waals surface area (Å²) < 4.78 is 6.19. The van der Waals surface area contributed by atoms with Gasteiger partial charge in [-0.1, -0.05) is 48.6 Å². The summed E-state index contributed by atoms with van der Waals surface area (Å²) in [5.74, 6) is 1.12. The molecule has 2 aliphatic heterocycles. The van der Waals surface area contributed by atoms with Crippen LogP contribution in [0.4, 0.5) is 0 Å². The van der Waals surface area contributed by atoms with Gasteiger partial charge in [0.2, 0.25) is 0 Å². The molecule has 1 spiro atoms. The Morgan fingerprint density at radius 1 is 1.17 bits per heavy atom. The van der Waals surface area contributed by atoms with Crippen molar-refractivity contribution in [2.45, 2.75) is 42.9 Å². The molecule has 2 N–H and O–H groups in total. The van der Waals surface area contributed by atoms with Crippen molar-refractivity contribution in [3.05, 3.63) is 71.3 Å². The van der Waals surface area contributed by atoms with E-state index in [2.05, 4.69) is 11.0 Å². The summed E-state index contributed by atoms with van der Waals surface area (Å²) in [6.45, 7) is 1.59. The minimum absolute atomic E-state index is 0.165. The van der Waals surface area contributed by atoms with Crippen LogP contribution in [0.2, 0.25) is 0 Å². The van der Waals surface area contributed by atoms with E-state index in [9.17, 15) is 15.0 Å². The number of hydrogen-bond acceptors (Lipinski definition) is 5. The molecule has 2 aromatic rings. The summed E-state index contributed by atoms with van der Waals surface area (Å²) in [5.41, 5.74) is 2.79. The van der Waals surface area contributed by atoms with Gasteiger partial charge in [0, 0.05) is 41.5 Å². The van der Waals surface area contributed by atoms with Gasteiger partial charge in [0.05, 0.1) is 0 Å². The SMILES string of the molecule is O=C(CCN1CC[C@@]23c4c5ccc(O)c4O[C@@H]2[C@H](O)C=C[C@@H]3[C@@H]1C5)c1ccccc1. The molecular weight excluding hydrogens is 378 g/mol. The molecule has 1 saturated heterocycles. The number of Topliss-reactive ketones (excluding diaryl/α,β-unsaturated/α-hetero) is 1. The van der Waals surface area contributed by atoms with Gasteiger partial charge in [-0.05, 0) is 31.0 Å². The topological polar surface area (TPSA) is 70.0 Å². The quantitative estimate of drug-likeness (QED) is 0.607. The third kappa shape index (κ3) is 2.33. The average Bonchev–Trinajstić information content (AvgIpc) is 3.12. The third-order valence-electron chi connectivity index (χ3n) is 7.71. The number of likely N-dealkylation sites (tertiary alicyclic amines) is 1. The standard InChI is InChI=1S/C25H25NO4/c27-19(15-4-2-1-3-5-15)10-12-26-13-11-25-17-7-9-21(29)24(25)30-23-20(28)8-6-16(22(23)25)14-18(17)26/h1-9,17-18,21,24,28-29H,10-14H2/t17-,18+,21-,24-,25-/m1/s1. The number of benzene rings is 2. The molecule has 5 heteroatoms. The summed E-state index contributed by atoms with van der Waals surface area (Å²) in [6.07, 6.45) is 5.20. The Morgan fingerprint density at radius 3 is 2.83 bits per heavy atom. The molecule has 5 atom stereocenters. The highest BCUT2D eigenvalue weighted by Crippen LogP contribution is 2.62. The van der Waals surface area contributed by atoms with E-state index in [1.54, 1.807) is 6.07 Å². The molecule has 5 nitrogen and oxygen atoms in total. The molecule has 0 aromatic heterocycles. The summed E-state index contributed by atoms with van der Waals surface area (Å²) >= 11 is 0. The first-order valence-electron chi connectivity index (χ1n) is 10.8. The predicted octanol–water partition coefficient (Wildman–Crippen LogP) is 2.84. The maximum absolute atomic E-state index is 12.7. The van der Waals surface area contributed by atoms with Crippen LogP contribution in [-0.2, 0) is 11.8 Å². The van der Waals surface area contributed by atoms with Crippen LogP contribution in [0.25, 0.3) is 0 Å². The van der Waals surface area contributed by atoms with Gasteiger partial charge in [-0.15, -0.1) is 0 Å². The molecular formula is C25H25NO4. The van der Waals surface area contributed by atoms with Gasteiger partial charge < -0.3 is 14.9 Å². The number of ether oxygens (including phenoxy) is 1. The highest BCUT2D eigenvalue weighted by molar-refractivity contribution is 5.96. The van der Waals surface area contributed by atoms with E-state index >= 15 is 0 Å². The van der Waals surface area contributed by atoms with E-state index in [0.717, 1.165) is 37.1 Å². The lowest BCUT2D eigenvalue weighted by atomic mass is 9.53. The van der Waals surface area contributed by atoms with Crippen LogP contribution in [0.15, 0.2) is 54.6 Å². The molecule has 0 amide bonds. The Labute approximate surface area is 175 Å². The van der Waals surface area contributed by atoms with E-state index in [1.165, 1.54) is 5.56 Å². The third-order valence-corrected chi connectivity index (χ3v) is 7.71. The number of rotatable bonds is 4. The number of piperidine rings is 1. The number of carbonyl (C=O) groups is 1. The van der Waals surface area contributed by atoms with E-state index in [1.807, 2.05) is 42.5 Å². The number of aliphatic hydroxyl groups excluding tert-OH is 1. The molecule has 1 fully saturated rings. The monoisotopic (exact) mass is 403 g/mol.